The molecule has 1 aromatic heterocycles. The topological polar surface area (TPSA) is 93.3 Å². The lowest BCUT2D eigenvalue weighted by Crippen LogP contribution is -1.95. The van der Waals surface area contributed by atoms with Crippen LogP contribution in [0.2, 0.25) is 0 Å². The second kappa shape index (κ2) is 5.32. The molecule has 18 heavy (non-hydrogen) atoms. The minimum Gasteiger partial charge on any atom is -0.481 e. The molecule has 0 amide bonds. The quantitative estimate of drug-likeness (QED) is 0.515. The molecular formula is C10H8N2O4S2. The molecule has 0 aliphatic carbocycles. The van der Waals surface area contributed by atoms with Crippen LogP contribution in [0.3, 0.4) is 0 Å². The third-order valence-corrected chi connectivity index (χ3v) is 4.27. The molecule has 2 rings (SSSR count). The summed E-state index contributed by atoms with van der Waals surface area (Å²) in [4.78, 5) is 24.8. The third-order valence-electron chi connectivity index (χ3n) is 2.10. The van der Waals surface area contributed by atoms with Crippen LogP contribution in [-0.2, 0) is 4.79 Å². The number of carboxylic acid groups (broad SMARTS) is 1. The van der Waals surface area contributed by atoms with Crippen LogP contribution in [0.1, 0.15) is 6.42 Å². The van der Waals surface area contributed by atoms with Crippen molar-refractivity contribution in [2.75, 3.05) is 5.75 Å². The number of carbonyl (C=O) groups is 1. The number of rotatable bonds is 5. The number of nitro benzene ring substituents is 1. The summed E-state index contributed by atoms with van der Waals surface area (Å²) in [5.74, 6) is -0.406. The number of thioether (sulfide) groups is 1. The standard InChI is InChI=1S/C10H8N2O4S2/c13-9(14)3-4-17-10-11-7-2-1-6(12(15)16)5-8(7)18-10/h1-2,5H,3-4H2,(H,13,14). The Morgan fingerprint density at radius 1 is 1.56 bits per heavy atom. The van der Waals surface area contributed by atoms with E-state index in [0.717, 1.165) is 9.04 Å². The molecule has 0 aliphatic heterocycles. The van der Waals surface area contributed by atoms with Crippen molar-refractivity contribution in [1.82, 2.24) is 4.98 Å². The first-order chi connectivity index (χ1) is 8.56. The van der Waals surface area contributed by atoms with E-state index < -0.39 is 10.9 Å². The number of aliphatic carboxylic acids is 1. The van der Waals surface area contributed by atoms with Crippen LogP contribution in [0, 0.1) is 10.1 Å². The lowest BCUT2D eigenvalue weighted by Gasteiger charge is -1.91. The SMILES string of the molecule is O=C(O)CCSc1nc2ccc([N+](=O)[O-])cc2s1. The van der Waals surface area contributed by atoms with Crippen LogP contribution in [0.5, 0.6) is 0 Å². The van der Waals surface area contributed by atoms with Gasteiger partial charge in [0.05, 0.1) is 21.6 Å². The Labute approximate surface area is 110 Å². The van der Waals surface area contributed by atoms with Gasteiger partial charge in [0.25, 0.3) is 5.69 Å². The minimum absolute atomic E-state index is 0.0354. The first-order valence-electron chi connectivity index (χ1n) is 4.96. The zero-order valence-corrected chi connectivity index (χ0v) is 10.7. The van der Waals surface area contributed by atoms with Gasteiger partial charge in [-0.05, 0) is 6.07 Å². The number of nitro groups is 1. The van der Waals surface area contributed by atoms with E-state index in [4.69, 9.17) is 5.11 Å². The molecular weight excluding hydrogens is 276 g/mol. The number of fused-ring (bicyclic) bond motifs is 1. The number of nitrogens with zero attached hydrogens (tertiary/aromatic N) is 2. The molecule has 0 saturated heterocycles. The average Bonchev–Trinajstić information content (AvgIpc) is 2.69. The van der Waals surface area contributed by atoms with Gasteiger partial charge in [0.15, 0.2) is 4.34 Å². The van der Waals surface area contributed by atoms with E-state index in [9.17, 15) is 14.9 Å². The number of non-ortho nitro benzene ring substituents is 1. The molecule has 1 N–H and O–H groups in total. The van der Waals surface area contributed by atoms with Gasteiger partial charge in [-0.2, -0.15) is 0 Å². The van der Waals surface area contributed by atoms with Gasteiger partial charge in [0.1, 0.15) is 0 Å². The molecule has 0 unspecified atom stereocenters. The lowest BCUT2D eigenvalue weighted by molar-refractivity contribution is -0.384. The Morgan fingerprint density at radius 2 is 2.33 bits per heavy atom. The van der Waals surface area contributed by atoms with Crippen LogP contribution in [0.15, 0.2) is 22.5 Å². The van der Waals surface area contributed by atoms with E-state index in [1.54, 1.807) is 6.07 Å². The van der Waals surface area contributed by atoms with Crippen molar-refractivity contribution in [3.05, 3.63) is 28.3 Å². The van der Waals surface area contributed by atoms with Gasteiger partial charge in [0, 0.05) is 17.9 Å². The van der Waals surface area contributed by atoms with E-state index >= 15 is 0 Å². The molecule has 1 heterocycles. The highest BCUT2D eigenvalue weighted by molar-refractivity contribution is 8.01. The van der Waals surface area contributed by atoms with Gasteiger partial charge >= 0.3 is 5.97 Å². The predicted octanol–water partition coefficient (Wildman–Crippen LogP) is 2.77. The Hall–Kier alpha value is -1.67. The third kappa shape index (κ3) is 2.96. The highest BCUT2D eigenvalue weighted by Crippen LogP contribution is 2.31. The Kier molecular flexibility index (Phi) is 3.78. The lowest BCUT2D eigenvalue weighted by atomic mass is 10.3. The molecule has 1 aromatic carbocycles. The maximum Gasteiger partial charge on any atom is 0.304 e. The van der Waals surface area contributed by atoms with Crippen LogP contribution in [-0.4, -0.2) is 26.7 Å². The first kappa shape index (κ1) is 12.8. The van der Waals surface area contributed by atoms with Crippen molar-refractivity contribution in [2.24, 2.45) is 0 Å². The van der Waals surface area contributed by atoms with E-state index in [-0.39, 0.29) is 12.1 Å². The predicted molar refractivity (Wildman–Crippen MR) is 69.3 cm³/mol. The summed E-state index contributed by atoms with van der Waals surface area (Å²) in [6.07, 6.45) is 0.0702. The summed E-state index contributed by atoms with van der Waals surface area (Å²) in [5, 5.41) is 19.1. The largest absolute Gasteiger partial charge is 0.481 e. The Bertz CT molecular complexity index is 611. The van der Waals surface area contributed by atoms with Crippen LogP contribution >= 0.6 is 23.1 Å². The molecule has 0 spiro atoms. The van der Waals surface area contributed by atoms with Crippen molar-refractivity contribution >= 4 is 45.0 Å². The van der Waals surface area contributed by atoms with Crippen LogP contribution in [0.25, 0.3) is 10.2 Å². The number of thiazole rings is 1. The van der Waals surface area contributed by atoms with E-state index in [2.05, 4.69) is 4.98 Å². The Balaban J connectivity index is 2.16. The van der Waals surface area contributed by atoms with Gasteiger partial charge in [-0.1, -0.05) is 11.8 Å². The van der Waals surface area contributed by atoms with Crippen molar-refractivity contribution < 1.29 is 14.8 Å². The summed E-state index contributed by atoms with van der Waals surface area (Å²) >= 11 is 2.68. The summed E-state index contributed by atoms with van der Waals surface area (Å²) < 4.78 is 1.47. The maximum absolute atomic E-state index is 10.6. The molecule has 8 heteroatoms. The second-order valence-electron chi connectivity index (χ2n) is 3.38. The zero-order valence-electron chi connectivity index (χ0n) is 9.03. The van der Waals surface area contributed by atoms with Crippen LogP contribution < -0.4 is 0 Å². The highest BCUT2D eigenvalue weighted by Gasteiger charge is 2.10. The van der Waals surface area contributed by atoms with Crippen molar-refractivity contribution in [3.8, 4) is 0 Å². The molecule has 2 aromatic rings. The molecule has 0 fully saturated rings. The summed E-state index contributed by atoms with van der Waals surface area (Å²) in [7, 11) is 0. The van der Waals surface area contributed by atoms with E-state index in [0.29, 0.717) is 11.3 Å². The van der Waals surface area contributed by atoms with Gasteiger partial charge < -0.3 is 5.11 Å². The van der Waals surface area contributed by atoms with Crippen molar-refractivity contribution in [2.45, 2.75) is 10.8 Å². The number of hydrogen-bond donors (Lipinski definition) is 1. The number of aromatic nitrogens is 1. The van der Waals surface area contributed by atoms with E-state index in [1.807, 2.05) is 0 Å². The van der Waals surface area contributed by atoms with Crippen LogP contribution in [0.4, 0.5) is 5.69 Å². The molecule has 94 valence electrons. The molecule has 0 bridgehead atoms. The average molecular weight is 284 g/mol. The normalized spacial score (nSPS) is 10.7. The molecule has 0 radical (unpaired) electrons. The highest BCUT2D eigenvalue weighted by atomic mass is 32.2. The van der Waals surface area contributed by atoms with Gasteiger partial charge in [-0.25, -0.2) is 4.98 Å². The van der Waals surface area contributed by atoms with Gasteiger partial charge in [-0.15, -0.1) is 11.3 Å². The van der Waals surface area contributed by atoms with Crippen molar-refractivity contribution in [3.63, 3.8) is 0 Å². The smallest absolute Gasteiger partial charge is 0.304 e. The maximum atomic E-state index is 10.6. The Morgan fingerprint density at radius 3 is 3.00 bits per heavy atom. The fourth-order valence-electron chi connectivity index (χ4n) is 1.29. The summed E-state index contributed by atoms with van der Waals surface area (Å²) in [5.41, 5.74) is 0.733. The monoisotopic (exact) mass is 284 g/mol. The zero-order chi connectivity index (χ0) is 13.1. The molecule has 0 saturated carbocycles. The van der Waals surface area contributed by atoms with Gasteiger partial charge in [-0.3, -0.25) is 14.9 Å². The number of carboxylic acids is 1. The fraction of sp³-hybridized carbons (Fsp3) is 0.200. The van der Waals surface area contributed by atoms with E-state index in [1.165, 1.54) is 35.2 Å². The number of hydrogen-bond acceptors (Lipinski definition) is 6. The second-order valence-corrected chi connectivity index (χ2v) is 5.75. The first-order valence-corrected chi connectivity index (χ1v) is 6.76. The van der Waals surface area contributed by atoms with Crippen molar-refractivity contribution in [1.29, 1.82) is 0 Å². The minimum atomic E-state index is -0.848. The molecule has 6 nitrogen and oxygen atoms in total. The van der Waals surface area contributed by atoms with Gasteiger partial charge in [0.2, 0.25) is 0 Å². The molecule has 0 atom stereocenters. The summed E-state index contributed by atoms with van der Waals surface area (Å²) in [6, 6.07) is 4.49. The molecule has 0 aliphatic rings. The summed E-state index contributed by atoms with van der Waals surface area (Å²) in [6.45, 7) is 0. The number of benzene rings is 1. The fourth-order valence-corrected chi connectivity index (χ4v) is 3.39.